The summed E-state index contributed by atoms with van der Waals surface area (Å²) in [7, 11) is 0. The molecule has 0 heterocycles. The van der Waals surface area contributed by atoms with Crippen molar-refractivity contribution >= 4 is 0 Å². The zero-order valence-corrected chi connectivity index (χ0v) is 14.7. The largest absolute Gasteiger partial charge is 0.312 e. The third-order valence-corrected chi connectivity index (χ3v) is 4.71. The minimum atomic E-state index is 0.232. The molecule has 0 saturated carbocycles. The Kier molecular flexibility index (Phi) is 5.14. The Morgan fingerprint density at radius 1 is 0.952 bits per heavy atom. The molecule has 0 spiro atoms. The molecule has 0 saturated heterocycles. The third kappa shape index (κ3) is 5.47. The first-order valence-electron chi connectivity index (χ1n) is 8.61. The quantitative estimate of drug-likeness (QED) is 0.783. The van der Waals surface area contributed by atoms with E-state index >= 15 is 0 Å². The number of fused-ring (bicyclic) bond motifs is 1. The maximum Gasteiger partial charge on any atom is 0.00965 e. The second-order valence-electron chi connectivity index (χ2n) is 8.55. The summed E-state index contributed by atoms with van der Waals surface area (Å²) >= 11 is 0. The van der Waals surface area contributed by atoms with Crippen molar-refractivity contribution in [2.24, 2.45) is 5.41 Å². The van der Waals surface area contributed by atoms with E-state index in [1.807, 2.05) is 0 Å². The molecule has 1 N–H and O–H groups in total. The lowest BCUT2D eigenvalue weighted by atomic mass is 9.82. The standard InChI is InChI=1S/C20H33N/c1-19(2,3)21-14-13-20(4,5)12-11-16-9-10-17-7-6-8-18(17)15-16/h9-10,15,21H,6-8,11-14H2,1-5H3. The van der Waals surface area contributed by atoms with Gasteiger partial charge < -0.3 is 5.32 Å². The zero-order chi connectivity index (χ0) is 15.5. The molecular weight excluding hydrogens is 254 g/mol. The van der Waals surface area contributed by atoms with Gasteiger partial charge in [0, 0.05) is 5.54 Å². The van der Waals surface area contributed by atoms with Gasteiger partial charge >= 0.3 is 0 Å². The van der Waals surface area contributed by atoms with Crippen LogP contribution in [0.25, 0.3) is 0 Å². The van der Waals surface area contributed by atoms with Gasteiger partial charge in [0.1, 0.15) is 0 Å². The second-order valence-corrected chi connectivity index (χ2v) is 8.55. The van der Waals surface area contributed by atoms with Gasteiger partial charge in [0.25, 0.3) is 0 Å². The summed E-state index contributed by atoms with van der Waals surface area (Å²) < 4.78 is 0. The normalized spacial score (nSPS) is 15.3. The Morgan fingerprint density at radius 2 is 1.67 bits per heavy atom. The van der Waals surface area contributed by atoms with Crippen LogP contribution >= 0.6 is 0 Å². The van der Waals surface area contributed by atoms with Crippen LogP contribution in [0, 0.1) is 5.41 Å². The Labute approximate surface area is 131 Å². The summed E-state index contributed by atoms with van der Waals surface area (Å²) in [5.41, 5.74) is 5.38. The van der Waals surface area contributed by atoms with E-state index in [0.29, 0.717) is 5.41 Å². The van der Waals surface area contributed by atoms with Gasteiger partial charge in [0.05, 0.1) is 0 Å². The van der Waals surface area contributed by atoms with Crippen molar-refractivity contribution in [3.05, 3.63) is 34.9 Å². The minimum Gasteiger partial charge on any atom is -0.312 e. The van der Waals surface area contributed by atoms with Crippen molar-refractivity contribution in [2.45, 2.75) is 78.7 Å². The molecule has 2 rings (SSSR count). The number of rotatable bonds is 6. The van der Waals surface area contributed by atoms with Crippen molar-refractivity contribution in [1.82, 2.24) is 5.32 Å². The molecule has 0 radical (unpaired) electrons. The van der Waals surface area contributed by atoms with Crippen molar-refractivity contribution in [2.75, 3.05) is 6.54 Å². The maximum absolute atomic E-state index is 3.61. The van der Waals surface area contributed by atoms with Crippen LogP contribution in [0.4, 0.5) is 0 Å². The van der Waals surface area contributed by atoms with Gasteiger partial charge in [-0.05, 0) is 87.9 Å². The van der Waals surface area contributed by atoms with Crippen LogP contribution in [0.15, 0.2) is 18.2 Å². The summed E-state index contributed by atoms with van der Waals surface area (Å²) in [4.78, 5) is 0. The molecule has 1 aliphatic rings. The van der Waals surface area contributed by atoms with Crippen LogP contribution in [0.1, 0.15) is 70.6 Å². The maximum atomic E-state index is 3.61. The highest BCUT2D eigenvalue weighted by molar-refractivity contribution is 5.35. The van der Waals surface area contributed by atoms with Crippen molar-refractivity contribution in [1.29, 1.82) is 0 Å². The zero-order valence-electron chi connectivity index (χ0n) is 14.7. The van der Waals surface area contributed by atoms with Gasteiger partial charge in [-0.3, -0.25) is 0 Å². The molecule has 0 aliphatic heterocycles. The van der Waals surface area contributed by atoms with Gasteiger partial charge in [-0.25, -0.2) is 0 Å². The fourth-order valence-electron chi connectivity index (χ4n) is 3.16. The molecule has 1 aromatic carbocycles. The van der Waals surface area contributed by atoms with Gasteiger partial charge in [-0.15, -0.1) is 0 Å². The monoisotopic (exact) mass is 287 g/mol. The van der Waals surface area contributed by atoms with E-state index in [0.717, 1.165) is 6.54 Å². The first-order valence-corrected chi connectivity index (χ1v) is 8.61. The predicted octanol–water partition coefficient (Wildman–Crippen LogP) is 4.91. The van der Waals surface area contributed by atoms with Gasteiger partial charge in [-0.2, -0.15) is 0 Å². The molecule has 0 unspecified atom stereocenters. The highest BCUT2D eigenvalue weighted by atomic mass is 14.9. The molecule has 0 fully saturated rings. The summed E-state index contributed by atoms with van der Waals surface area (Å²) in [6, 6.07) is 7.19. The summed E-state index contributed by atoms with van der Waals surface area (Å²) in [6.07, 6.45) is 7.67. The lowest BCUT2D eigenvalue weighted by Gasteiger charge is -2.28. The highest BCUT2D eigenvalue weighted by Gasteiger charge is 2.19. The molecule has 1 heteroatoms. The summed E-state index contributed by atoms with van der Waals surface area (Å²) in [5, 5.41) is 3.61. The summed E-state index contributed by atoms with van der Waals surface area (Å²) in [5.74, 6) is 0. The first-order chi connectivity index (χ1) is 9.75. The van der Waals surface area contributed by atoms with E-state index in [2.05, 4.69) is 58.1 Å². The lowest BCUT2D eigenvalue weighted by Crippen LogP contribution is -2.38. The molecule has 0 amide bonds. The average molecular weight is 287 g/mol. The van der Waals surface area contributed by atoms with Gasteiger partial charge in [0.15, 0.2) is 0 Å². The van der Waals surface area contributed by atoms with E-state index in [1.54, 1.807) is 11.1 Å². The van der Waals surface area contributed by atoms with Gasteiger partial charge in [0.2, 0.25) is 0 Å². The SMILES string of the molecule is CC(C)(CCNC(C)(C)C)CCc1ccc2c(c1)CCC2. The van der Waals surface area contributed by atoms with Gasteiger partial charge in [-0.1, -0.05) is 32.0 Å². The third-order valence-electron chi connectivity index (χ3n) is 4.71. The molecule has 0 atom stereocenters. The molecule has 0 bridgehead atoms. The van der Waals surface area contributed by atoms with Crippen LogP contribution in [-0.4, -0.2) is 12.1 Å². The second kappa shape index (κ2) is 6.52. The van der Waals surface area contributed by atoms with Crippen molar-refractivity contribution in [3.63, 3.8) is 0 Å². The Morgan fingerprint density at radius 3 is 2.38 bits per heavy atom. The van der Waals surface area contributed by atoms with Crippen LogP contribution in [0.2, 0.25) is 0 Å². The van der Waals surface area contributed by atoms with Crippen LogP contribution in [0.3, 0.4) is 0 Å². The molecule has 118 valence electrons. The van der Waals surface area contributed by atoms with E-state index in [9.17, 15) is 0 Å². The number of nitrogens with one attached hydrogen (secondary N) is 1. The van der Waals surface area contributed by atoms with Crippen LogP contribution < -0.4 is 5.32 Å². The van der Waals surface area contributed by atoms with Crippen molar-refractivity contribution < 1.29 is 0 Å². The Hall–Kier alpha value is -0.820. The smallest absolute Gasteiger partial charge is 0.00965 e. The fraction of sp³-hybridized carbons (Fsp3) is 0.700. The molecule has 21 heavy (non-hydrogen) atoms. The lowest BCUT2D eigenvalue weighted by molar-refractivity contribution is 0.284. The molecule has 0 aromatic heterocycles. The number of hydrogen-bond acceptors (Lipinski definition) is 1. The molecular formula is C20H33N. The highest BCUT2D eigenvalue weighted by Crippen LogP contribution is 2.29. The van der Waals surface area contributed by atoms with Crippen LogP contribution in [0.5, 0.6) is 0 Å². The number of aryl methyl sites for hydroxylation is 3. The van der Waals surface area contributed by atoms with E-state index in [4.69, 9.17) is 0 Å². The van der Waals surface area contributed by atoms with Crippen LogP contribution in [-0.2, 0) is 19.3 Å². The number of benzene rings is 1. The first kappa shape index (κ1) is 16.5. The average Bonchev–Trinajstić information content (AvgIpc) is 2.82. The predicted molar refractivity (Wildman–Crippen MR) is 92.9 cm³/mol. The van der Waals surface area contributed by atoms with E-state index in [-0.39, 0.29) is 5.54 Å². The minimum absolute atomic E-state index is 0.232. The van der Waals surface area contributed by atoms with E-state index in [1.165, 1.54) is 44.1 Å². The fourth-order valence-corrected chi connectivity index (χ4v) is 3.16. The van der Waals surface area contributed by atoms with E-state index < -0.39 is 0 Å². The molecule has 1 aliphatic carbocycles. The van der Waals surface area contributed by atoms with Crippen molar-refractivity contribution in [3.8, 4) is 0 Å². The Balaban J connectivity index is 1.81. The number of hydrogen-bond donors (Lipinski definition) is 1. The summed E-state index contributed by atoms with van der Waals surface area (Å²) in [6.45, 7) is 12.6. The Bertz CT molecular complexity index is 465. The molecule has 1 nitrogen and oxygen atoms in total. The molecule has 1 aromatic rings. The topological polar surface area (TPSA) is 12.0 Å².